The van der Waals surface area contributed by atoms with Crippen LogP contribution in [0.3, 0.4) is 0 Å². The van der Waals surface area contributed by atoms with E-state index in [4.69, 9.17) is 5.84 Å². The lowest BCUT2D eigenvalue weighted by molar-refractivity contribution is -0.115. The number of nitrogens with two attached hydrogens (primary N) is 1. The maximum absolute atomic E-state index is 10.7. The van der Waals surface area contributed by atoms with Crippen LogP contribution in [0.25, 0.3) is 0 Å². The highest BCUT2D eigenvalue weighted by Crippen LogP contribution is 1.96. The molecule has 0 radical (unpaired) electrons. The van der Waals surface area contributed by atoms with E-state index in [9.17, 15) is 4.79 Å². The fourth-order valence-corrected chi connectivity index (χ4v) is 0.662. The molecule has 0 heterocycles. The standard InChI is InChI=1S/C6H8N2O/c7-8-5-3-1-2-4-6(5)9/h1-5,8H,7H2. The van der Waals surface area contributed by atoms with Gasteiger partial charge in [-0.1, -0.05) is 18.2 Å². The highest BCUT2D eigenvalue weighted by atomic mass is 16.1. The van der Waals surface area contributed by atoms with Crippen LogP contribution in [-0.4, -0.2) is 11.8 Å². The highest BCUT2D eigenvalue weighted by Gasteiger charge is 2.10. The molecule has 0 saturated heterocycles. The lowest BCUT2D eigenvalue weighted by Crippen LogP contribution is -2.39. The van der Waals surface area contributed by atoms with Gasteiger partial charge in [0.25, 0.3) is 0 Å². The zero-order valence-electron chi connectivity index (χ0n) is 4.87. The Labute approximate surface area is 53.2 Å². The zero-order valence-corrected chi connectivity index (χ0v) is 4.87. The van der Waals surface area contributed by atoms with E-state index in [1.165, 1.54) is 6.08 Å². The number of carbonyl (C=O) groups excluding carboxylic acids is 1. The van der Waals surface area contributed by atoms with E-state index in [1.807, 2.05) is 0 Å². The minimum atomic E-state index is -0.324. The van der Waals surface area contributed by atoms with Crippen molar-refractivity contribution in [2.24, 2.45) is 5.84 Å². The Morgan fingerprint density at radius 3 is 2.78 bits per heavy atom. The molecule has 48 valence electrons. The molecule has 0 amide bonds. The Morgan fingerprint density at radius 2 is 2.33 bits per heavy atom. The molecule has 1 aliphatic rings. The predicted octanol–water partition coefficient (Wildman–Crippen LogP) is -0.487. The second-order valence-corrected chi connectivity index (χ2v) is 1.79. The van der Waals surface area contributed by atoms with Crippen molar-refractivity contribution in [3.63, 3.8) is 0 Å². The molecule has 0 bridgehead atoms. The lowest BCUT2D eigenvalue weighted by atomic mass is 10.1. The number of hydrazine groups is 1. The Hall–Kier alpha value is -0.930. The monoisotopic (exact) mass is 124 g/mol. The molecule has 0 aromatic carbocycles. The van der Waals surface area contributed by atoms with E-state index < -0.39 is 0 Å². The van der Waals surface area contributed by atoms with Gasteiger partial charge in [-0.25, -0.2) is 5.43 Å². The van der Waals surface area contributed by atoms with Crippen LogP contribution in [0.1, 0.15) is 0 Å². The fraction of sp³-hybridized carbons (Fsp3) is 0.167. The number of hydrogen-bond acceptors (Lipinski definition) is 3. The summed E-state index contributed by atoms with van der Waals surface area (Å²) in [5, 5.41) is 0. The van der Waals surface area contributed by atoms with Gasteiger partial charge in [0.15, 0.2) is 5.78 Å². The molecule has 3 N–H and O–H groups in total. The summed E-state index contributed by atoms with van der Waals surface area (Å²) in [5.41, 5.74) is 2.37. The summed E-state index contributed by atoms with van der Waals surface area (Å²) in [7, 11) is 0. The van der Waals surface area contributed by atoms with Crippen LogP contribution in [0, 0.1) is 0 Å². The van der Waals surface area contributed by atoms with Crippen LogP contribution in [0.2, 0.25) is 0 Å². The van der Waals surface area contributed by atoms with Crippen LogP contribution in [0.5, 0.6) is 0 Å². The van der Waals surface area contributed by atoms with Crippen LogP contribution in [0.4, 0.5) is 0 Å². The van der Waals surface area contributed by atoms with Gasteiger partial charge in [0, 0.05) is 0 Å². The third-order valence-electron chi connectivity index (χ3n) is 1.16. The van der Waals surface area contributed by atoms with E-state index in [1.54, 1.807) is 18.2 Å². The van der Waals surface area contributed by atoms with Crippen molar-refractivity contribution in [3.05, 3.63) is 24.3 Å². The average Bonchev–Trinajstić information content (AvgIpc) is 1.89. The first-order valence-corrected chi connectivity index (χ1v) is 2.69. The molecule has 1 rings (SSSR count). The van der Waals surface area contributed by atoms with Gasteiger partial charge in [-0.2, -0.15) is 0 Å². The van der Waals surface area contributed by atoms with Gasteiger partial charge in [0.2, 0.25) is 0 Å². The van der Waals surface area contributed by atoms with Crippen molar-refractivity contribution in [3.8, 4) is 0 Å². The van der Waals surface area contributed by atoms with E-state index in [2.05, 4.69) is 5.43 Å². The summed E-state index contributed by atoms with van der Waals surface area (Å²) < 4.78 is 0. The van der Waals surface area contributed by atoms with Gasteiger partial charge in [-0.15, -0.1) is 0 Å². The van der Waals surface area contributed by atoms with Crippen LogP contribution in [0.15, 0.2) is 24.3 Å². The van der Waals surface area contributed by atoms with Gasteiger partial charge >= 0.3 is 0 Å². The molecule has 3 nitrogen and oxygen atoms in total. The molecular formula is C6H8N2O. The lowest BCUT2D eigenvalue weighted by Gasteiger charge is -2.08. The van der Waals surface area contributed by atoms with Crippen LogP contribution in [-0.2, 0) is 4.79 Å². The largest absolute Gasteiger partial charge is 0.293 e. The van der Waals surface area contributed by atoms with Gasteiger partial charge in [-0.05, 0) is 6.08 Å². The molecular weight excluding hydrogens is 116 g/mol. The number of allylic oxidation sites excluding steroid dienone is 2. The normalized spacial score (nSPS) is 25.0. The van der Waals surface area contributed by atoms with Crippen LogP contribution < -0.4 is 11.3 Å². The van der Waals surface area contributed by atoms with Crippen molar-refractivity contribution in [1.29, 1.82) is 0 Å². The van der Waals surface area contributed by atoms with Crippen molar-refractivity contribution in [2.75, 3.05) is 0 Å². The average molecular weight is 124 g/mol. The van der Waals surface area contributed by atoms with E-state index in [-0.39, 0.29) is 11.8 Å². The first-order chi connectivity index (χ1) is 4.34. The van der Waals surface area contributed by atoms with E-state index >= 15 is 0 Å². The number of nitrogens with one attached hydrogen (secondary N) is 1. The Balaban J connectivity index is 2.66. The molecule has 0 saturated carbocycles. The summed E-state index contributed by atoms with van der Waals surface area (Å²) in [5.74, 6) is 5.04. The summed E-state index contributed by atoms with van der Waals surface area (Å²) >= 11 is 0. The molecule has 9 heavy (non-hydrogen) atoms. The first kappa shape index (κ1) is 6.19. The molecule has 1 aliphatic carbocycles. The minimum Gasteiger partial charge on any atom is -0.293 e. The molecule has 0 aromatic rings. The van der Waals surface area contributed by atoms with Crippen molar-refractivity contribution >= 4 is 5.78 Å². The Morgan fingerprint density at radius 1 is 1.56 bits per heavy atom. The molecule has 0 aliphatic heterocycles. The molecule has 0 spiro atoms. The quantitative estimate of drug-likeness (QED) is 0.366. The van der Waals surface area contributed by atoms with Crippen molar-refractivity contribution in [1.82, 2.24) is 5.43 Å². The van der Waals surface area contributed by atoms with Crippen LogP contribution >= 0.6 is 0 Å². The number of ketones is 1. The topological polar surface area (TPSA) is 55.1 Å². The van der Waals surface area contributed by atoms with Gasteiger partial charge < -0.3 is 0 Å². The van der Waals surface area contributed by atoms with Gasteiger partial charge in [0.05, 0.1) is 0 Å². The van der Waals surface area contributed by atoms with Crippen molar-refractivity contribution in [2.45, 2.75) is 6.04 Å². The molecule has 0 aromatic heterocycles. The van der Waals surface area contributed by atoms with Gasteiger partial charge in [-0.3, -0.25) is 10.6 Å². The predicted molar refractivity (Wildman–Crippen MR) is 34.4 cm³/mol. The highest BCUT2D eigenvalue weighted by molar-refractivity contribution is 5.97. The second-order valence-electron chi connectivity index (χ2n) is 1.79. The third-order valence-corrected chi connectivity index (χ3v) is 1.16. The summed E-state index contributed by atoms with van der Waals surface area (Å²) in [6.07, 6.45) is 6.68. The maximum Gasteiger partial charge on any atom is 0.177 e. The van der Waals surface area contributed by atoms with E-state index in [0.29, 0.717) is 0 Å². The number of hydrogen-bond donors (Lipinski definition) is 2. The zero-order chi connectivity index (χ0) is 6.69. The Bertz CT molecular complexity index is 172. The fourth-order valence-electron chi connectivity index (χ4n) is 0.662. The SMILES string of the molecule is NNC1C=CC=CC1=O. The number of rotatable bonds is 1. The second kappa shape index (κ2) is 2.57. The maximum atomic E-state index is 10.7. The summed E-state index contributed by atoms with van der Waals surface area (Å²) in [6.45, 7) is 0. The first-order valence-electron chi connectivity index (χ1n) is 2.69. The number of carbonyl (C=O) groups is 1. The molecule has 3 heteroatoms. The van der Waals surface area contributed by atoms with Crippen molar-refractivity contribution < 1.29 is 4.79 Å². The molecule has 1 atom stereocenters. The molecule has 0 fully saturated rings. The Kier molecular flexibility index (Phi) is 1.77. The van der Waals surface area contributed by atoms with Gasteiger partial charge in [0.1, 0.15) is 6.04 Å². The van der Waals surface area contributed by atoms with E-state index in [0.717, 1.165) is 0 Å². The summed E-state index contributed by atoms with van der Waals surface area (Å²) in [4.78, 5) is 10.7. The summed E-state index contributed by atoms with van der Waals surface area (Å²) in [6, 6.07) is -0.324. The smallest absolute Gasteiger partial charge is 0.177 e. The molecule has 1 unspecified atom stereocenters. The third kappa shape index (κ3) is 1.25. The minimum absolute atomic E-state index is 0.000000000000000222.